The summed E-state index contributed by atoms with van der Waals surface area (Å²) < 4.78 is 12.8. The maximum absolute atomic E-state index is 13.6. The highest BCUT2D eigenvalue weighted by molar-refractivity contribution is 7.07. The summed E-state index contributed by atoms with van der Waals surface area (Å²) in [6.07, 6.45) is 1.45. The number of methoxy groups -OCH3 is 1. The Morgan fingerprint density at radius 2 is 1.97 bits per heavy atom. The Labute approximate surface area is 204 Å². The lowest BCUT2D eigenvalue weighted by Crippen LogP contribution is -2.40. The fourth-order valence-corrected chi connectivity index (χ4v) is 4.98. The number of thiazole rings is 1. The maximum atomic E-state index is 13.6. The third kappa shape index (κ3) is 4.65. The molecule has 0 saturated heterocycles. The summed E-state index contributed by atoms with van der Waals surface area (Å²) in [7, 11) is 1.28. The van der Waals surface area contributed by atoms with E-state index in [1.165, 1.54) is 23.8 Å². The molecule has 1 unspecified atom stereocenters. The van der Waals surface area contributed by atoms with Crippen molar-refractivity contribution >= 4 is 29.1 Å². The monoisotopic (exact) mass is 493 g/mol. The lowest BCUT2D eigenvalue weighted by molar-refractivity contribution is -0.384. The predicted octanol–water partition coefficient (Wildman–Crippen LogP) is 3.10. The zero-order valence-corrected chi connectivity index (χ0v) is 20.4. The van der Waals surface area contributed by atoms with Crippen LogP contribution in [0.1, 0.15) is 37.9 Å². The first-order valence-corrected chi connectivity index (χ1v) is 11.6. The van der Waals surface area contributed by atoms with Gasteiger partial charge in [-0.3, -0.25) is 19.5 Å². The van der Waals surface area contributed by atoms with E-state index in [1.807, 2.05) is 32.0 Å². The number of nitro groups is 1. The van der Waals surface area contributed by atoms with Crippen molar-refractivity contribution in [2.45, 2.75) is 32.9 Å². The van der Waals surface area contributed by atoms with Gasteiger partial charge in [0.2, 0.25) is 0 Å². The highest BCUT2D eigenvalue weighted by Gasteiger charge is 2.34. The molecule has 3 aromatic rings. The molecule has 1 atom stereocenters. The van der Waals surface area contributed by atoms with Gasteiger partial charge in [0, 0.05) is 17.7 Å². The van der Waals surface area contributed by atoms with Gasteiger partial charge in [0.1, 0.15) is 11.8 Å². The first-order chi connectivity index (χ1) is 16.7. The van der Waals surface area contributed by atoms with Gasteiger partial charge in [-0.1, -0.05) is 41.7 Å². The van der Waals surface area contributed by atoms with E-state index in [2.05, 4.69) is 4.99 Å². The molecule has 0 spiro atoms. The summed E-state index contributed by atoms with van der Waals surface area (Å²) >= 11 is 1.15. The molecule has 0 N–H and O–H groups in total. The molecule has 180 valence electrons. The number of para-hydroxylation sites is 1. The number of allylic oxidation sites excluding steroid dienone is 1. The average molecular weight is 494 g/mol. The van der Waals surface area contributed by atoms with Crippen LogP contribution in [0.2, 0.25) is 0 Å². The first-order valence-electron chi connectivity index (χ1n) is 10.8. The Kier molecular flexibility index (Phi) is 6.65. The minimum Gasteiger partial charge on any atom is -0.491 e. The van der Waals surface area contributed by atoms with Gasteiger partial charge in [0.25, 0.3) is 11.2 Å². The van der Waals surface area contributed by atoms with E-state index < -0.39 is 16.9 Å². The van der Waals surface area contributed by atoms with Gasteiger partial charge in [-0.15, -0.1) is 0 Å². The van der Waals surface area contributed by atoms with E-state index in [0.29, 0.717) is 31.9 Å². The zero-order valence-electron chi connectivity index (χ0n) is 19.6. The number of carbonyl (C=O) groups is 1. The molecule has 1 aliphatic rings. The molecule has 2 heterocycles. The highest BCUT2D eigenvalue weighted by atomic mass is 32.1. The number of carbonyl (C=O) groups excluding carboxylic acids is 1. The number of ether oxygens (including phenoxy) is 2. The van der Waals surface area contributed by atoms with Gasteiger partial charge in [-0.2, -0.15) is 0 Å². The van der Waals surface area contributed by atoms with Crippen molar-refractivity contribution < 1.29 is 19.2 Å². The number of fused-ring (bicyclic) bond motifs is 1. The quantitative estimate of drug-likeness (QED) is 0.296. The van der Waals surface area contributed by atoms with E-state index in [-0.39, 0.29) is 22.9 Å². The lowest BCUT2D eigenvalue weighted by atomic mass is 9.95. The summed E-state index contributed by atoms with van der Waals surface area (Å²) in [6, 6.07) is 12.4. The Morgan fingerprint density at radius 1 is 1.23 bits per heavy atom. The molecule has 4 rings (SSSR count). The van der Waals surface area contributed by atoms with Crippen LogP contribution in [0.5, 0.6) is 5.75 Å². The van der Waals surface area contributed by atoms with Crippen LogP contribution in [0, 0.1) is 10.1 Å². The molecular formula is C25H23N3O6S. The molecule has 0 aliphatic carbocycles. The second-order valence-corrected chi connectivity index (χ2v) is 9.14. The second-order valence-electron chi connectivity index (χ2n) is 8.13. The van der Waals surface area contributed by atoms with Crippen LogP contribution in [-0.4, -0.2) is 28.7 Å². The van der Waals surface area contributed by atoms with Crippen molar-refractivity contribution in [2.24, 2.45) is 4.99 Å². The van der Waals surface area contributed by atoms with Gasteiger partial charge >= 0.3 is 5.97 Å². The Balaban J connectivity index is 1.98. The van der Waals surface area contributed by atoms with Crippen molar-refractivity contribution in [1.82, 2.24) is 4.57 Å². The molecule has 10 heteroatoms. The maximum Gasteiger partial charge on any atom is 0.338 e. The molecule has 0 radical (unpaired) electrons. The number of hydrogen-bond acceptors (Lipinski definition) is 8. The van der Waals surface area contributed by atoms with Crippen molar-refractivity contribution in [3.63, 3.8) is 0 Å². The van der Waals surface area contributed by atoms with Crippen LogP contribution in [0.15, 0.2) is 69.6 Å². The average Bonchev–Trinajstić information content (AvgIpc) is 3.12. The fraction of sp³-hybridized carbons (Fsp3) is 0.240. The second kappa shape index (κ2) is 9.67. The molecule has 2 aromatic carbocycles. The topological polar surface area (TPSA) is 113 Å². The third-order valence-electron chi connectivity index (χ3n) is 5.38. The number of benzene rings is 2. The van der Waals surface area contributed by atoms with E-state index >= 15 is 0 Å². The number of esters is 1. The molecule has 0 amide bonds. The van der Waals surface area contributed by atoms with Crippen LogP contribution in [0.25, 0.3) is 6.08 Å². The normalized spacial score (nSPS) is 15.6. The molecule has 9 nitrogen and oxygen atoms in total. The fourth-order valence-electron chi connectivity index (χ4n) is 3.93. The molecule has 35 heavy (non-hydrogen) atoms. The van der Waals surface area contributed by atoms with E-state index in [1.54, 1.807) is 31.2 Å². The summed E-state index contributed by atoms with van der Waals surface area (Å²) in [4.78, 5) is 42.1. The minimum atomic E-state index is -0.819. The third-order valence-corrected chi connectivity index (χ3v) is 6.36. The van der Waals surface area contributed by atoms with Crippen molar-refractivity contribution in [3.8, 4) is 5.75 Å². The summed E-state index contributed by atoms with van der Waals surface area (Å²) in [5.74, 6) is -0.0552. The number of rotatable bonds is 6. The Morgan fingerprint density at radius 3 is 2.66 bits per heavy atom. The highest BCUT2D eigenvalue weighted by Crippen LogP contribution is 2.36. The molecular weight excluding hydrogens is 470 g/mol. The number of aromatic nitrogens is 1. The lowest BCUT2D eigenvalue weighted by Gasteiger charge is -2.26. The van der Waals surface area contributed by atoms with Crippen molar-refractivity contribution in [3.05, 3.63) is 101 Å². The number of non-ortho nitro benzene ring substituents is 1. The summed E-state index contributed by atoms with van der Waals surface area (Å²) in [6.45, 7) is 5.48. The van der Waals surface area contributed by atoms with Crippen LogP contribution in [0.3, 0.4) is 0 Å². The Hall–Kier alpha value is -4.05. The van der Waals surface area contributed by atoms with Gasteiger partial charge < -0.3 is 9.47 Å². The standard InChI is InChI=1S/C25H23N3O6S/c1-14(2)34-19-11-6-5-10-18(19)22-21(24(30)33-4)15(3)26-25-27(22)23(29)20(35-25)13-16-8-7-9-17(12-16)28(31)32/h5-14,22H,1-4H3. The van der Waals surface area contributed by atoms with Crippen LogP contribution in [0.4, 0.5) is 5.69 Å². The summed E-state index contributed by atoms with van der Waals surface area (Å²) in [5.41, 5.74) is 1.35. The first kappa shape index (κ1) is 24.1. The number of hydrogen-bond donors (Lipinski definition) is 0. The largest absolute Gasteiger partial charge is 0.491 e. The van der Waals surface area contributed by atoms with Gasteiger partial charge in [-0.05, 0) is 38.5 Å². The molecule has 0 saturated carbocycles. The van der Waals surface area contributed by atoms with Crippen LogP contribution >= 0.6 is 11.3 Å². The van der Waals surface area contributed by atoms with Crippen LogP contribution < -0.4 is 19.6 Å². The van der Waals surface area contributed by atoms with Gasteiger partial charge in [-0.25, -0.2) is 9.79 Å². The van der Waals surface area contributed by atoms with Gasteiger partial charge in [0.15, 0.2) is 4.80 Å². The number of nitro benzene ring substituents is 1. The number of nitrogens with zero attached hydrogens (tertiary/aromatic N) is 3. The van der Waals surface area contributed by atoms with E-state index in [0.717, 1.165) is 11.3 Å². The molecule has 0 fully saturated rings. The smallest absolute Gasteiger partial charge is 0.338 e. The van der Waals surface area contributed by atoms with Crippen LogP contribution in [-0.2, 0) is 9.53 Å². The van der Waals surface area contributed by atoms with E-state index in [9.17, 15) is 19.7 Å². The SMILES string of the molecule is COC(=O)C1=C(C)N=c2sc(=Cc3cccc([N+](=O)[O-])c3)c(=O)n2C1c1ccccc1OC(C)C. The van der Waals surface area contributed by atoms with Gasteiger partial charge in [0.05, 0.1) is 33.9 Å². The van der Waals surface area contributed by atoms with Crippen molar-refractivity contribution in [2.75, 3.05) is 7.11 Å². The van der Waals surface area contributed by atoms with Crippen molar-refractivity contribution in [1.29, 1.82) is 0 Å². The Bertz CT molecular complexity index is 1530. The molecule has 0 bridgehead atoms. The predicted molar refractivity (Wildman–Crippen MR) is 131 cm³/mol. The molecule has 1 aromatic heterocycles. The summed E-state index contributed by atoms with van der Waals surface area (Å²) in [5, 5.41) is 11.2. The van der Waals surface area contributed by atoms with E-state index in [4.69, 9.17) is 9.47 Å². The zero-order chi connectivity index (χ0) is 25.3. The minimum absolute atomic E-state index is 0.0759. The molecule has 1 aliphatic heterocycles.